The number of carboxylic acids is 1. The second-order valence-corrected chi connectivity index (χ2v) is 15.5. The van der Waals surface area contributed by atoms with E-state index < -0.39 is 40.9 Å². The Labute approximate surface area is 376 Å². The molecule has 19 heteroatoms. The molecule has 1 aliphatic rings. The number of urea groups is 1. The zero-order valence-corrected chi connectivity index (χ0v) is 36.9. The maximum absolute atomic E-state index is 15.4. The number of primary amides is 1. The Morgan fingerprint density at radius 2 is 1.57 bits per heavy atom. The topological polar surface area (TPSA) is 276 Å². The Hall–Kier alpha value is -7.15. The second kappa shape index (κ2) is 24.6. The number of allylic oxidation sites excluding steroid dienone is 1. The largest absolute Gasteiger partial charge is 0.477 e. The number of anilines is 2. The number of hydrogen-bond acceptors (Lipinski definition) is 12. The molecule has 65 heavy (non-hydrogen) atoms. The number of fused-ring (bicyclic) bond motifs is 1. The number of nitrogens with two attached hydrogens (primary N) is 2. The van der Waals surface area contributed by atoms with Crippen LogP contribution in [0.4, 0.5) is 25.4 Å². The summed E-state index contributed by atoms with van der Waals surface area (Å²) in [6.07, 6.45) is 5.46. The predicted octanol–water partition coefficient (Wildman–Crippen LogP) is 5.56. The molecule has 5 rings (SSSR count). The molecule has 1 aliphatic heterocycles. The summed E-state index contributed by atoms with van der Waals surface area (Å²) in [6, 6.07) is 17.3. The highest BCUT2D eigenvalue weighted by Crippen LogP contribution is 2.27. The maximum Gasteiger partial charge on any atom is 0.410 e. The van der Waals surface area contributed by atoms with E-state index in [0.717, 1.165) is 24.5 Å². The van der Waals surface area contributed by atoms with Gasteiger partial charge in [-0.05, 0) is 61.6 Å². The third-order valence-electron chi connectivity index (χ3n) is 11.0. The van der Waals surface area contributed by atoms with Crippen LogP contribution >= 0.6 is 0 Å². The normalized spacial score (nSPS) is 13.6. The number of carbonyl (C=O) groups is 5. The van der Waals surface area contributed by atoms with Crippen LogP contribution in [0.15, 0.2) is 89.6 Å². The van der Waals surface area contributed by atoms with Crippen molar-refractivity contribution < 1.29 is 42.9 Å². The van der Waals surface area contributed by atoms with Gasteiger partial charge in [0.05, 0.1) is 17.6 Å². The van der Waals surface area contributed by atoms with E-state index in [2.05, 4.69) is 16.0 Å². The predicted molar refractivity (Wildman–Crippen MR) is 245 cm³/mol. The van der Waals surface area contributed by atoms with E-state index in [4.69, 9.17) is 20.9 Å². The molecule has 4 aromatic rings. The first kappa shape index (κ1) is 50.5. The monoisotopic (exact) mass is 901 g/mol. The van der Waals surface area contributed by atoms with Crippen molar-refractivity contribution in [2.75, 3.05) is 42.9 Å². The molecule has 18 nitrogen and oxygen atoms in total. The highest BCUT2D eigenvalue weighted by Gasteiger charge is 2.26. The summed E-state index contributed by atoms with van der Waals surface area (Å²) in [7, 11) is 0. The van der Waals surface area contributed by atoms with Crippen LogP contribution in [0.25, 0.3) is 10.9 Å². The van der Waals surface area contributed by atoms with E-state index in [0.29, 0.717) is 61.4 Å². The standard InChI is InChI=1S/C46H57FN8O9.H3N/c1-3-5-12-32(23-41(56)63-28-30-10-7-6-8-11-30)37(48)26-51-38(13-9-18-50-45(49)61)43(58)52-33-16-14-31(15-17-33)29-64-46(62)55-21-19-54(20-22-55)40-25-39-34(24-36(40)47)42(57)35(44(59)60)27-53(39)4-2;/h6-8,10-11,14-17,24-27,32,38,51H,3-5,9,12-13,18-23,28-29,48H2,1-2H3,(H,52,58)(H,59,60)(H3,49,50,61);1H3/b37-26-;/t32-,38+;/m1./s1. The zero-order valence-electron chi connectivity index (χ0n) is 36.9. The molecule has 350 valence electrons. The number of pyridine rings is 1. The number of halogens is 1. The van der Waals surface area contributed by atoms with Gasteiger partial charge < -0.3 is 62.5 Å². The first-order valence-electron chi connectivity index (χ1n) is 21.4. The maximum atomic E-state index is 15.4. The number of aromatic carboxylic acids is 1. The number of rotatable bonds is 21. The van der Waals surface area contributed by atoms with Gasteiger partial charge in [0.15, 0.2) is 0 Å². The lowest BCUT2D eigenvalue weighted by atomic mass is 9.95. The molecule has 3 aromatic carbocycles. The summed E-state index contributed by atoms with van der Waals surface area (Å²) in [6.45, 7) is 5.63. The van der Waals surface area contributed by atoms with Gasteiger partial charge >= 0.3 is 24.1 Å². The van der Waals surface area contributed by atoms with Crippen LogP contribution in [0.2, 0.25) is 0 Å². The number of ether oxygens (including phenoxy) is 2. The highest BCUT2D eigenvalue weighted by molar-refractivity contribution is 5.95. The van der Waals surface area contributed by atoms with Crippen molar-refractivity contribution in [3.63, 3.8) is 0 Å². The number of benzene rings is 3. The van der Waals surface area contributed by atoms with Gasteiger partial charge in [0.2, 0.25) is 11.3 Å². The summed E-state index contributed by atoms with van der Waals surface area (Å²) in [5.74, 6) is -3.12. The minimum Gasteiger partial charge on any atom is -0.477 e. The molecular weight excluding hydrogens is 842 g/mol. The molecule has 0 spiro atoms. The summed E-state index contributed by atoms with van der Waals surface area (Å²) in [4.78, 5) is 78.3. The van der Waals surface area contributed by atoms with Crippen LogP contribution in [-0.2, 0) is 38.8 Å². The quantitative estimate of drug-likeness (QED) is 0.0399. The number of piperazine rings is 1. The van der Waals surface area contributed by atoms with Gasteiger partial charge in [-0.1, -0.05) is 62.2 Å². The fraction of sp³-hybridized carbons (Fsp3) is 0.391. The number of aromatic nitrogens is 1. The first-order valence-corrected chi connectivity index (χ1v) is 21.4. The number of esters is 1. The van der Waals surface area contributed by atoms with Crippen LogP contribution in [0.3, 0.4) is 0 Å². The Bertz CT molecular complexity index is 2350. The van der Waals surface area contributed by atoms with E-state index >= 15 is 4.39 Å². The molecule has 0 bridgehead atoms. The molecule has 2 heterocycles. The number of hydrogen-bond donors (Lipinski definition) is 7. The molecule has 4 amide bonds. The summed E-state index contributed by atoms with van der Waals surface area (Å²) < 4.78 is 28.0. The van der Waals surface area contributed by atoms with Gasteiger partial charge in [-0.3, -0.25) is 14.4 Å². The average Bonchev–Trinajstić information content (AvgIpc) is 3.29. The van der Waals surface area contributed by atoms with Crippen LogP contribution in [-0.4, -0.2) is 83.3 Å². The number of nitrogens with one attached hydrogen (secondary N) is 3. The molecule has 0 aliphatic carbocycles. The van der Waals surface area contributed by atoms with Crippen molar-refractivity contribution in [2.24, 2.45) is 17.4 Å². The molecule has 1 fully saturated rings. The van der Waals surface area contributed by atoms with Gasteiger partial charge in [-0.25, -0.2) is 18.8 Å². The summed E-state index contributed by atoms with van der Waals surface area (Å²) in [5, 5.41) is 17.9. The van der Waals surface area contributed by atoms with Gasteiger partial charge in [-0.15, -0.1) is 0 Å². The third-order valence-corrected chi connectivity index (χ3v) is 11.0. The van der Waals surface area contributed by atoms with E-state index in [1.54, 1.807) is 46.9 Å². The lowest BCUT2D eigenvalue weighted by Gasteiger charge is -2.35. The molecule has 0 unspecified atom stereocenters. The fourth-order valence-electron chi connectivity index (χ4n) is 7.29. The number of carbonyl (C=O) groups excluding carboxylic acids is 4. The Balaban J connectivity index is 0.00000925. The van der Waals surface area contributed by atoms with Crippen LogP contribution in [0, 0.1) is 11.7 Å². The van der Waals surface area contributed by atoms with Crippen LogP contribution in [0.1, 0.15) is 73.9 Å². The van der Waals surface area contributed by atoms with Crippen molar-refractivity contribution >= 4 is 52.2 Å². The molecule has 2 atom stereocenters. The van der Waals surface area contributed by atoms with Crippen molar-refractivity contribution in [2.45, 2.75) is 78.2 Å². The molecule has 0 saturated carbocycles. The van der Waals surface area contributed by atoms with E-state index in [-0.39, 0.29) is 74.3 Å². The first-order chi connectivity index (χ1) is 30.8. The third kappa shape index (κ3) is 14.4. The zero-order chi connectivity index (χ0) is 46.2. The summed E-state index contributed by atoms with van der Waals surface area (Å²) in [5.41, 5.74) is 13.6. The average molecular weight is 902 g/mol. The minimum atomic E-state index is -1.38. The molecular formula is C46H60FN9O9. The summed E-state index contributed by atoms with van der Waals surface area (Å²) >= 11 is 0. The highest BCUT2D eigenvalue weighted by atomic mass is 19.1. The van der Waals surface area contributed by atoms with E-state index in [9.17, 15) is 33.9 Å². The second-order valence-electron chi connectivity index (χ2n) is 15.5. The molecule has 0 radical (unpaired) electrons. The van der Waals surface area contributed by atoms with Crippen molar-refractivity contribution in [3.8, 4) is 0 Å². The van der Waals surface area contributed by atoms with Crippen molar-refractivity contribution in [1.82, 2.24) is 26.3 Å². The van der Waals surface area contributed by atoms with Crippen LogP contribution in [0.5, 0.6) is 0 Å². The number of nitrogens with zero attached hydrogens (tertiary/aromatic N) is 3. The smallest absolute Gasteiger partial charge is 0.410 e. The van der Waals surface area contributed by atoms with Gasteiger partial charge in [0.1, 0.15) is 30.6 Å². The minimum absolute atomic E-state index is 0. The fourth-order valence-corrected chi connectivity index (χ4v) is 7.29. The Morgan fingerprint density at radius 3 is 2.22 bits per heavy atom. The number of amides is 4. The van der Waals surface area contributed by atoms with Gasteiger partial charge in [-0.2, -0.15) is 0 Å². The van der Waals surface area contributed by atoms with E-state index in [1.807, 2.05) is 37.3 Å². The van der Waals surface area contributed by atoms with Gasteiger partial charge in [0, 0.05) is 74.4 Å². The lowest BCUT2D eigenvalue weighted by molar-refractivity contribution is -0.145. The Kier molecular flexibility index (Phi) is 19.1. The van der Waals surface area contributed by atoms with E-state index in [1.165, 1.54) is 17.2 Å². The molecule has 11 N–H and O–H groups in total. The SMILES string of the molecule is CCCC[C@H](CC(=O)OCc1ccccc1)/C(N)=C/N[C@@H](CCCNC(N)=O)C(=O)Nc1ccc(COC(=O)N2CCN(c3cc4c(cc3F)c(=O)c(C(=O)O)cn4CC)CC2)cc1.N. The lowest BCUT2D eigenvalue weighted by Crippen LogP contribution is -2.49. The van der Waals surface area contributed by atoms with Crippen molar-refractivity contribution in [3.05, 3.63) is 118 Å². The Morgan fingerprint density at radius 1 is 0.892 bits per heavy atom. The van der Waals surface area contributed by atoms with Crippen molar-refractivity contribution in [1.29, 1.82) is 0 Å². The number of aryl methyl sites for hydroxylation is 1. The molecule has 1 aromatic heterocycles. The van der Waals surface area contributed by atoms with Gasteiger partial charge in [0.25, 0.3) is 0 Å². The molecule has 1 saturated heterocycles. The number of unbranched alkanes of at least 4 members (excludes halogenated alkanes) is 1. The van der Waals surface area contributed by atoms with Crippen LogP contribution < -0.4 is 43.9 Å². The number of carboxylic acid groups (broad SMARTS) is 1.